The van der Waals surface area contributed by atoms with E-state index < -0.39 is 0 Å². The summed E-state index contributed by atoms with van der Waals surface area (Å²) < 4.78 is 16.9. The van der Waals surface area contributed by atoms with Gasteiger partial charge in [0, 0.05) is 25.4 Å². The van der Waals surface area contributed by atoms with E-state index in [1.165, 1.54) is 6.42 Å². The van der Waals surface area contributed by atoms with Crippen LogP contribution in [0.5, 0.6) is 0 Å². The van der Waals surface area contributed by atoms with Gasteiger partial charge in [-0.05, 0) is 49.8 Å². The van der Waals surface area contributed by atoms with Crippen molar-refractivity contribution in [3.8, 4) is 0 Å². The fourth-order valence-electron chi connectivity index (χ4n) is 3.17. The molecule has 3 rings (SSSR count). The summed E-state index contributed by atoms with van der Waals surface area (Å²) in [4.78, 5) is 12.0. The van der Waals surface area contributed by atoms with Crippen LogP contribution in [0.15, 0.2) is 24.3 Å². The van der Waals surface area contributed by atoms with E-state index in [1.54, 1.807) is 0 Å². The van der Waals surface area contributed by atoms with Crippen LogP contribution in [0.1, 0.15) is 37.7 Å². The molecule has 2 atom stereocenters. The second-order valence-electron chi connectivity index (χ2n) is 6.67. The number of nitrogens with one attached hydrogen (secondary N) is 2. The average Bonchev–Trinajstić information content (AvgIpc) is 3.15. The summed E-state index contributed by atoms with van der Waals surface area (Å²) in [6, 6.07) is 7.53. The third-order valence-electron chi connectivity index (χ3n) is 4.55. The Kier molecular flexibility index (Phi) is 7.09. The first-order valence-electron chi connectivity index (χ1n) is 9.24. The maximum Gasteiger partial charge on any atom is 0.319 e. The highest BCUT2D eigenvalue weighted by atomic mass is 16.5. The number of anilines is 1. The van der Waals surface area contributed by atoms with E-state index in [0.717, 1.165) is 50.1 Å². The Morgan fingerprint density at radius 1 is 1.12 bits per heavy atom. The van der Waals surface area contributed by atoms with Gasteiger partial charge in [-0.15, -0.1) is 0 Å². The maximum absolute atomic E-state index is 12.0. The molecule has 0 unspecified atom stereocenters. The average molecular weight is 348 g/mol. The summed E-state index contributed by atoms with van der Waals surface area (Å²) >= 11 is 0. The van der Waals surface area contributed by atoms with Crippen LogP contribution in [0.2, 0.25) is 0 Å². The normalized spacial score (nSPS) is 23.4. The highest BCUT2D eigenvalue weighted by Crippen LogP contribution is 2.15. The van der Waals surface area contributed by atoms with Crippen LogP contribution in [-0.4, -0.2) is 44.6 Å². The standard InChI is InChI=1S/C19H28N2O4/c22-19(20-12-17-8-4-10-24-17)21-16-6-3-5-15(11-16)13-23-14-18-7-1-2-9-25-18/h3,5-6,11,17-18H,1-2,4,7-10,12-14H2,(H2,20,21,22)/t17-,18+/m1/s1. The summed E-state index contributed by atoms with van der Waals surface area (Å²) in [7, 11) is 0. The van der Waals surface area contributed by atoms with Crippen LogP contribution in [0.25, 0.3) is 0 Å². The van der Waals surface area contributed by atoms with Crippen molar-refractivity contribution in [2.45, 2.75) is 50.9 Å². The predicted molar refractivity (Wildman–Crippen MR) is 95.7 cm³/mol. The van der Waals surface area contributed by atoms with Gasteiger partial charge in [0.15, 0.2) is 0 Å². The molecule has 0 aliphatic carbocycles. The number of urea groups is 1. The van der Waals surface area contributed by atoms with Gasteiger partial charge in [0.05, 0.1) is 25.4 Å². The molecule has 2 fully saturated rings. The summed E-state index contributed by atoms with van der Waals surface area (Å²) in [5.41, 5.74) is 1.80. The van der Waals surface area contributed by atoms with E-state index in [4.69, 9.17) is 14.2 Å². The minimum atomic E-state index is -0.204. The summed E-state index contributed by atoms with van der Waals surface area (Å²) in [5, 5.41) is 5.72. The molecule has 0 aromatic heterocycles. The summed E-state index contributed by atoms with van der Waals surface area (Å²) in [6.07, 6.45) is 5.89. The molecule has 6 nitrogen and oxygen atoms in total. The third kappa shape index (κ3) is 6.30. The largest absolute Gasteiger partial charge is 0.376 e. The topological polar surface area (TPSA) is 68.8 Å². The van der Waals surface area contributed by atoms with E-state index in [-0.39, 0.29) is 18.2 Å². The summed E-state index contributed by atoms with van der Waals surface area (Å²) in [5.74, 6) is 0. The van der Waals surface area contributed by atoms with Crippen LogP contribution in [0.4, 0.5) is 10.5 Å². The zero-order valence-electron chi connectivity index (χ0n) is 14.7. The Labute approximate surface area is 149 Å². The summed E-state index contributed by atoms with van der Waals surface area (Å²) in [6.45, 7) is 3.33. The number of rotatable bonds is 7. The predicted octanol–water partition coefficient (Wildman–Crippen LogP) is 3.07. The molecule has 2 aliphatic rings. The number of amides is 2. The molecule has 6 heteroatoms. The molecular formula is C19H28N2O4. The van der Waals surface area contributed by atoms with Crippen molar-refractivity contribution in [1.82, 2.24) is 5.32 Å². The SMILES string of the molecule is O=C(NC[C@H]1CCCO1)Nc1cccc(COC[C@@H]2CCCCO2)c1. The first-order chi connectivity index (χ1) is 12.3. The number of hydrogen-bond donors (Lipinski definition) is 2. The lowest BCUT2D eigenvalue weighted by Crippen LogP contribution is -2.35. The van der Waals surface area contributed by atoms with Gasteiger partial charge < -0.3 is 24.8 Å². The molecule has 2 N–H and O–H groups in total. The Hall–Kier alpha value is -1.63. The van der Waals surface area contributed by atoms with Gasteiger partial charge in [0.2, 0.25) is 0 Å². The van der Waals surface area contributed by atoms with E-state index in [9.17, 15) is 4.79 Å². The molecule has 0 spiro atoms. The fourth-order valence-corrected chi connectivity index (χ4v) is 3.17. The zero-order valence-corrected chi connectivity index (χ0v) is 14.7. The van der Waals surface area contributed by atoms with Crippen LogP contribution in [0.3, 0.4) is 0 Å². The van der Waals surface area contributed by atoms with Crippen molar-refractivity contribution in [2.24, 2.45) is 0 Å². The monoisotopic (exact) mass is 348 g/mol. The molecule has 0 bridgehead atoms. The molecule has 138 valence electrons. The lowest BCUT2D eigenvalue weighted by atomic mass is 10.1. The lowest BCUT2D eigenvalue weighted by molar-refractivity contribution is -0.0447. The van der Waals surface area contributed by atoms with Crippen LogP contribution in [0, 0.1) is 0 Å². The molecule has 2 aliphatic heterocycles. The number of benzene rings is 1. The Morgan fingerprint density at radius 2 is 1.96 bits per heavy atom. The molecule has 1 aromatic carbocycles. The number of hydrogen-bond acceptors (Lipinski definition) is 4. The number of carbonyl (C=O) groups is 1. The van der Waals surface area contributed by atoms with Crippen LogP contribution >= 0.6 is 0 Å². The first kappa shape index (κ1) is 18.2. The second kappa shape index (κ2) is 9.75. The fraction of sp³-hybridized carbons (Fsp3) is 0.632. The van der Waals surface area contributed by atoms with Gasteiger partial charge in [0.25, 0.3) is 0 Å². The maximum atomic E-state index is 12.0. The molecule has 2 saturated heterocycles. The van der Waals surface area contributed by atoms with Gasteiger partial charge in [-0.25, -0.2) is 4.79 Å². The zero-order chi connectivity index (χ0) is 17.3. The Morgan fingerprint density at radius 3 is 2.76 bits per heavy atom. The highest BCUT2D eigenvalue weighted by molar-refractivity contribution is 5.89. The molecule has 0 radical (unpaired) electrons. The van der Waals surface area contributed by atoms with Gasteiger partial charge in [-0.1, -0.05) is 12.1 Å². The second-order valence-corrected chi connectivity index (χ2v) is 6.67. The van der Waals surface area contributed by atoms with Gasteiger partial charge in [-0.2, -0.15) is 0 Å². The quantitative estimate of drug-likeness (QED) is 0.795. The molecule has 0 saturated carbocycles. The van der Waals surface area contributed by atoms with Crippen LogP contribution < -0.4 is 10.6 Å². The van der Waals surface area contributed by atoms with E-state index in [0.29, 0.717) is 19.8 Å². The molecular weight excluding hydrogens is 320 g/mol. The van der Waals surface area contributed by atoms with Crippen LogP contribution in [-0.2, 0) is 20.8 Å². The minimum absolute atomic E-state index is 0.146. The number of ether oxygens (including phenoxy) is 3. The van der Waals surface area contributed by atoms with E-state index >= 15 is 0 Å². The van der Waals surface area contributed by atoms with Gasteiger partial charge in [-0.3, -0.25) is 0 Å². The number of carbonyl (C=O) groups excluding carboxylic acids is 1. The Bertz CT molecular complexity index is 540. The first-order valence-corrected chi connectivity index (χ1v) is 9.24. The van der Waals surface area contributed by atoms with Crippen molar-refractivity contribution in [1.29, 1.82) is 0 Å². The van der Waals surface area contributed by atoms with E-state index in [1.807, 2.05) is 24.3 Å². The molecule has 2 amide bonds. The molecule has 2 heterocycles. The minimum Gasteiger partial charge on any atom is -0.376 e. The molecule has 25 heavy (non-hydrogen) atoms. The molecule has 1 aromatic rings. The smallest absolute Gasteiger partial charge is 0.319 e. The van der Waals surface area contributed by atoms with Crippen molar-refractivity contribution in [2.75, 3.05) is 31.7 Å². The highest BCUT2D eigenvalue weighted by Gasteiger charge is 2.16. The Balaban J connectivity index is 1.38. The van der Waals surface area contributed by atoms with Crippen molar-refractivity contribution >= 4 is 11.7 Å². The van der Waals surface area contributed by atoms with Crippen molar-refractivity contribution in [3.63, 3.8) is 0 Å². The van der Waals surface area contributed by atoms with Gasteiger partial charge >= 0.3 is 6.03 Å². The van der Waals surface area contributed by atoms with Crippen molar-refractivity contribution < 1.29 is 19.0 Å². The van der Waals surface area contributed by atoms with E-state index in [2.05, 4.69) is 10.6 Å². The van der Waals surface area contributed by atoms with Crippen molar-refractivity contribution in [3.05, 3.63) is 29.8 Å². The lowest BCUT2D eigenvalue weighted by Gasteiger charge is -2.22. The van der Waals surface area contributed by atoms with Gasteiger partial charge in [0.1, 0.15) is 0 Å². The third-order valence-corrected chi connectivity index (χ3v) is 4.55.